The summed E-state index contributed by atoms with van der Waals surface area (Å²) in [6.45, 7) is 5.65. The summed E-state index contributed by atoms with van der Waals surface area (Å²) in [5.74, 6) is -1.87. The molecule has 0 saturated carbocycles. The molecule has 1 aliphatic rings. The lowest BCUT2D eigenvalue weighted by Gasteiger charge is -2.19. The summed E-state index contributed by atoms with van der Waals surface area (Å²) in [5, 5.41) is 0. The molecule has 0 radical (unpaired) electrons. The lowest BCUT2D eigenvalue weighted by Crippen LogP contribution is -2.23. The molecular formula is C23H19NO4. The maximum atomic E-state index is 13.0. The smallest absolute Gasteiger partial charge is 0.340 e. The van der Waals surface area contributed by atoms with Crippen LogP contribution in [0.1, 0.15) is 49.3 Å². The van der Waals surface area contributed by atoms with Crippen LogP contribution in [-0.2, 0) is 4.74 Å². The van der Waals surface area contributed by atoms with Crippen molar-refractivity contribution in [2.45, 2.75) is 20.8 Å². The summed E-state index contributed by atoms with van der Waals surface area (Å²) in [7, 11) is 0. The molecule has 0 amide bonds. The van der Waals surface area contributed by atoms with Crippen molar-refractivity contribution in [1.82, 2.24) is 4.57 Å². The van der Waals surface area contributed by atoms with E-state index in [0.717, 1.165) is 11.3 Å². The number of ether oxygens (including phenoxy) is 1. The molecule has 140 valence electrons. The van der Waals surface area contributed by atoms with Gasteiger partial charge in [-0.15, -0.1) is 0 Å². The molecule has 1 aliphatic carbocycles. The number of aromatic nitrogens is 1. The number of benzene rings is 2. The molecule has 1 heterocycles. The highest BCUT2D eigenvalue weighted by Crippen LogP contribution is 2.40. The number of aryl methyl sites for hydroxylation is 1. The topological polar surface area (TPSA) is 65.4 Å². The van der Waals surface area contributed by atoms with Gasteiger partial charge in [0.15, 0.2) is 0 Å². The van der Waals surface area contributed by atoms with Gasteiger partial charge < -0.3 is 9.30 Å². The largest absolute Gasteiger partial charge is 0.462 e. The van der Waals surface area contributed by atoms with Crippen LogP contribution in [-0.4, -0.2) is 28.7 Å². The van der Waals surface area contributed by atoms with Gasteiger partial charge in [0.05, 0.1) is 23.4 Å². The summed E-state index contributed by atoms with van der Waals surface area (Å²) in [6, 6.07) is 14.8. The number of rotatable bonds is 3. The van der Waals surface area contributed by atoms with Crippen LogP contribution >= 0.6 is 0 Å². The number of Topliss-reactive ketones (excluding diaryl/α,β-unsaturated/α-hetero) is 2. The number of carbonyl (C=O) groups is 3. The van der Waals surface area contributed by atoms with E-state index in [1.165, 1.54) is 0 Å². The van der Waals surface area contributed by atoms with E-state index in [4.69, 9.17) is 4.74 Å². The van der Waals surface area contributed by atoms with Crippen molar-refractivity contribution >= 4 is 17.5 Å². The highest BCUT2D eigenvalue weighted by Gasteiger charge is 2.39. The summed E-state index contributed by atoms with van der Waals surface area (Å²) in [5.41, 5.74) is 4.31. The molecule has 0 saturated heterocycles. The molecule has 2 aromatic carbocycles. The van der Waals surface area contributed by atoms with Crippen molar-refractivity contribution in [3.8, 4) is 16.9 Å². The molecule has 5 nitrogen and oxygen atoms in total. The highest BCUT2D eigenvalue weighted by atomic mass is 16.5. The Balaban J connectivity index is 2.12. The minimum Gasteiger partial charge on any atom is -0.462 e. The van der Waals surface area contributed by atoms with E-state index in [0.29, 0.717) is 22.5 Å². The zero-order valence-corrected chi connectivity index (χ0v) is 15.9. The predicted octanol–water partition coefficient (Wildman–Crippen LogP) is 4.32. The second-order valence-electron chi connectivity index (χ2n) is 6.78. The summed E-state index contributed by atoms with van der Waals surface area (Å²) in [4.78, 5) is 38.4. The number of hydrogen-bond donors (Lipinski definition) is 0. The van der Waals surface area contributed by atoms with Crippen molar-refractivity contribution in [2.24, 2.45) is 0 Å². The zero-order valence-electron chi connectivity index (χ0n) is 15.9. The molecule has 0 spiro atoms. The van der Waals surface area contributed by atoms with E-state index in [1.807, 2.05) is 41.8 Å². The second kappa shape index (κ2) is 6.60. The average molecular weight is 373 g/mol. The molecular weight excluding hydrogens is 354 g/mol. The van der Waals surface area contributed by atoms with Crippen LogP contribution in [0.3, 0.4) is 0 Å². The maximum absolute atomic E-state index is 13.0. The SMILES string of the molecule is CCOC(=O)c1c2c(n(-c3ccc(C)cc3)c1C)-c1ccccc1C(=O)C2=O. The van der Waals surface area contributed by atoms with Gasteiger partial charge >= 0.3 is 5.97 Å². The van der Waals surface area contributed by atoms with Crippen molar-refractivity contribution in [3.63, 3.8) is 0 Å². The lowest BCUT2D eigenvalue weighted by atomic mass is 9.86. The Kier molecular flexibility index (Phi) is 4.23. The van der Waals surface area contributed by atoms with Crippen molar-refractivity contribution in [1.29, 1.82) is 0 Å². The Morgan fingerprint density at radius 3 is 2.21 bits per heavy atom. The third kappa shape index (κ3) is 2.51. The van der Waals surface area contributed by atoms with Gasteiger partial charge in [-0.05, 0) is 32.9 Å². The molecule has 0 fully saturated rings. The normalized spacial score (nSPS) is 12.5. The number of hydrogen-bond acceptors (Lipinski definition) is 4. The molecule has 1 aromatic heterocycles. The Bertz CT molecular complexity index is 1140. The lowest BCUT2D eigenvalue weighted by molar-refractivity contribution is 0.0522. The van der Waals surface area contributed by atoms with Crippen LogP contribution < -0.4 is 0 Å². The van der Waals surface area contributed by atoms with Gasteiger partial charge in [0.25, 0.3) is 0 Å². The summed E-state index contributed by atoms with van der Waals surface area (Å²) in [6.07, 6.45) is 0. The van der Waals surface area contributed by atoms with E-state index in [1.54, 1.807) is 32.0 Å². The first-order chi connectivity index (χ1) is 13.5. The third-order valence-corrected chi connectivity index (χ3v) is 5.04. The Labute approximate surface area is 162 Å². The summed E-state index contributed by atoms with van der Waals surface area (Å²) < 4.78 is 7.06. The Hall–Kier alpha value is -3.47. The first-order valence-corrected chi connectivity index (χ1v) is 9.13. The number of nitrogens with zero attached hydrogens (tertiary/aromatic N) is 1. The van der Waals surface area contributed by atoms with Gasteiger partial charge in [0.1, 0.15) is 0 Å². The average Bonchev–Trinajstić information content (AvgIpc) is 3.00. The zero-order chi connectivity index (χ0) is 20.0. The van der Waals surface area contributed by atoms with Crippen LogP contribution in [0.5, 0.6) is 0 Å². The minimum atomic E-state index is -0.675. The van der Waals surface area contributed by atoms with Gasteiger partial charge in [0.2, 0.25) is 11.6 Å². The molecule has 4 rings (SSSR count). The molecule has 0 atom stereocenters. The first-order valence-electron chi connectivity index (χ1n) is 9.13. The fourth-order valence-electron chi connectivity index (χ4n) is 3.76. The van der Waals surface area contributed by atoms with Gasteiger partial charge in [-0.3, -0.25) is 9.59 Å². The molecule has 3 aromatic rings. The van der Waals surface area contributed by atoms with Crippen LogP contribution in [0.25, 0.3) is 16.9 Å². The number of esters is 1. The van der Waals surface area contributed by atoms with Crippen LogP contribution in [0, 0.1) is 13.8 Å². The van der Waals surface area contributed by atoms with E-state index in [9.17, 15) is 14.4 Å². The first kappa shape index (κ1) is 17.9. The van der Waals surface area contributed by atoms with Gasteiger partial charge in [-0.25, -0.2) is 4.79 Å². The molecule has 0 bridgehead atoms. The standard InChI is InChI=1S/C23H19NO4/c1-4-28-23(27)18-14(3)24(15-11-9-13(2)10-12-15)20-16-7-5-6-8-17(16)21(25)22(26)19(18)20/h5-12H,4H2,1-3H3. The second-order valence-corrected chi connectivity index (χ2v) is 6.78. The molecule has 28 heavy (non-hydrogen) atoms. The van der Waals surface area contributed by atoms with Crippen LogP contribution in [0.2, 0.25) is 0 Å². The van der Waals surface area contributed by atoms with Gasteiger partial charge in [-0.2, -0.15) is 0 Å². The summed E-state index contributed by atoms with van der Waals surface area (Å²) >= 11 is 0. The van der Waals surface area contributed by atoms with Gasteiger partial charge in [-0.1, -0.05) is 42.0 Å². The number of fused-ring (bicyclic) bond motifs is 3. The fraction of sp³-hybridized carbons (Fsp3) is 0.174. The molecule has 0 N–H and O–H groups in total. The van der Waals surface area contributed by atoms with E-state index >= 15 is 0 Å². The highest BCUT2D eigenvalue weighted by molar-refractivity contribution is 6.54. The van der Waals surface area contributed by atoms with E-state index < -0.39 is 17.5 Å². The fourth-order valence-corrected chi connectivity index (χ4v) is 3.76. The quantitative estimate of drug-likeness (QED) is 0.507. The van der Waals surface area contributed by atoms with E-state index in [2.05, 4.69) is 0 Å². The molecule has 0 aliphatic heterocycles. The molecule has 5 heteroatoms. The van der Waals surface area contributed by atoms with Crippen molar-refractivity contribution in [3.05, 3.63) is 76.5 Å². The third-order valence-electron chi connectivity index (χ3n) is 5.04. The minimum absolute atomic E-state index is 0.125. The van der Waals surface area contributed by atoms with Crippen LogP contribution in [0.15, 0.2) is 48.5 Å². The van der Waals surface area contributed by atoms with E-state index in [-0.39, 0.29) is 17.7 Å². The molecule has 0 unspecified atom stereocenters. The van der Waals surface area contributed by atoms with Crippen molar-refractivity contribution < 1.29 is 19.1 Å². The maximum Gasteiger partial charge on any atom is 0.340 e. The predicted molar refractivity (Wildman–Crippen MR) is 105 cm³/mol. The Morgan fingerprint density at radius 1 is 0.929 bits per heavy atom. The Morgan fingerprint density at radius 2 is 1.57 bits per heavy atom. The van der Waals surface area contributed by atoms with Crippen LogP contribution in [0.4, 0.5) is 0 Å². The van der Waals surface area contributed by atoms with Gasteiger partial charge in [0, 0.05) is 22.5 Å². The van der Waals surface area contributed by atoms with Crippen molar-refractivity contribution in [2.75, 3.05) is 6.61 Å². The monoisotopic (exact) mass is 373 g/mol. The number of ketones is 2. The number of carbonyl (C=O) groups excluding carboxylic acids is 3.